The maximum absolute atomic E-state index is 11.9. The van der Waals surface area contributed by atoms with Crippen molar-refractivity contribution in [2.45, 2.75) is 57.9 Å². The van der Waals surface area contributed by atoms with E-state index in [2.05, 4.69) is 11.8 Å². The third-order valence-corrected chi connectivity index (χ3v) is 3.53. The van der Waals surface area contributed by atoms with Crippen LogP contribution in [0.4, 0.5) is 0 Å². The lowest BCUT2D eigenvalue weighted by molar-refractivity contribution is -0.132. The number of nitrogens with zero attached hydrogens (tertiary/aromatic N) is 1. The molecule has 1 aliphatic heterocycles. The molecule has 2 heteroatoms. The standard InChI is InChI=1S/C12H21NO/c1-2-3-6-12(14)13-9-4-5-11(13)10-7-8-10/h10-11H,2-9H2,1H3. The molecular weight excluding hydrogens is 174 g/mol. The van der Waals surface area contributed by atoms with Crippen LogP contribution in [0.1, 0.15) is 51.9 Å². The van der Waals surface area contributed by atoms with E-state index in [1.54, 1.807) is 0 Å². The second-order valence-electron chi connectivity index (χ2n) is 4.74. The molecule has 1 atom stereocenters. The van der Waals surface area contributed by atoms with Crippen molar-refractivity contribution in [1.82, 2.24) is 4.90 Å². The molecule has 2 nitrogen and oxygen atoms in total. The molecule has 1 aliphatic carbocycles. The van der Waals surface area contributed by atoms with Crippen LogP contribution in [0.15, 0.2) is 0 Å². The predicted molar refractivity (Wildman–Crippen MR) is 57.0 cm³/mol. The Bertz CT molecular complexity index is 210. The molecule has 1 unspecified atom stereocenters. The molecule has 1 amide bonds. The summed E-state index contributed by atoms with van der Waals surface area (Å²) in [6.45, 7) is 3.18. The van der Waals surface area contributed by atoms with Crippen LogP contribution >= 0.6 is 0 Å². The van der Waals surface area contributed by atoms with Crippen molar-refractivity contribution in [2.24, 2.45) is 5.92 Å². The van der Waals surface area contributed by atoms with Crippen molar-refractivity contribution in [1.29, 1.82) is 0 Å². The molecule has 0 spiro atoms. The lowest BCUT2D eigenvalue weighted by Crippen LogP contribution is -2.36. The number of hydrogen-bond donors (Lipinski definition) is 0. The molecule has 0 aromatic heterocycles. The van der Waals surface area contributed by atoms with E-state index in [0.717, 1.165) is 31.7 Å². The Kier molecular flexibility index (Phi) is 3.09. The van der Waals surface area contributed by atoms with Crippen LogP contribution in [0.25, 0.3) is 0 Å². The zero-order valence-electron chi connectivity index (χ0n) is 9.17. The fourth-order valence-corrected chi connectivity index (χ4v) is 2.54. The van der Waals surface area contributed by atoms with E-state index in [4.69, 9.17) is 0 Å². The van der Waals surface area contributed by atoms with Crippen LogP contribution in [0.2, 0.25) is 0 Å². The fourth-order valence-electron chi connectivity index (χ4n) is 2.54. The molecule has 14 heavy (non-hydrogen) atoms. The van der Waals surface area contributed by atoms with Gasteiger partial charge in [-0.3, -0.25) is 4.79 Å². The van der Waals surface area contributed by atoms with Gasteiger partial charge in [0.15, 0.2) is 0 Å². The summed E-state index contributed by atoms with van der Waals surface area (Å²) in [6.07, 6.45) is 8.20. The van der Waals surface area contributed by atoms with Crippen LogP contribution in [-0.4, -0.2) is 23.4 Å². The van der Waals surface area contributed by atoms with Crippen molar-refractivity contribution in [3.8, 4) is 0 Å². The minimum atomic E-state index is 0.418. The lowest BCUT2D eigenvalue weighted by atomic mass is 10.1. The zero-order valence-corrected chi connectivity index (χ0v) is 9.17. The first kappa shape index (κ1) is 10.0. The minimum absolute atomic E-state index is 0.418. The maximum atomic E-state index is 11.9. The van der Waals surface area contributed by atoms with Gasteiger partial charge in [0.1, 0.15) is 0 Å². The highest BCUT2D eigenvalue weighted by Crippen LogP contribution is 2.40. The predicted octanol–water partition coefficient (Wildman–Crippen LogP) is 2.58. The molecule has 1 heterocycles. The van der Waals surface area contributed by atoms with Crippen LogP contribution in [-0.2, 0) is 4.79 Å². The highest BCUT2D eigenvalue weighted by Gasteiger charge is 2.39. The summed E-state index contributed by atoms with van der Waals surface area (Å²) < 4.78 is 0. The van der Waals surface area contributed by atoms with Gasteiger partial charge in [-0.1, -0.05) is 13.3 Å². The molecule has 0 aromatic rings. The highest BCUT2D eigenvalue weighted by molar-refractivity contribution is 5.76. The first-order valence-electron chi connectivity index (χ1n) is 6.12. The summed E-state index contributed by atoms with van der Waals surface area (Å²) in [6, 6.07) is 0.624. The first-order valence-corrected chi connectivity index (χ1v) is 6.12. The highest BCUT2D eigenvalue weighted by atomic mass is 16.2. The second kappa shape index (κ2) is 4.33. The van der Waals surface area contributed by atoms with Crippen LogP contribution < -0.4 is 0 Å². The summed E-state index contributed by atoms with van der Waals surface area (Å²) in [4.78, 5) is 14.0. The SMILES string of the molecule is CCCCC(=O)N1CCCC1C1CC1. The molecule has 0 aromatic carbocycles. The van der Waals surface area contributed by atoms with Crippen molar-refractivity contribution in [2.75, 3.05) is 6.54 Å². The van der Waals surface area contributed by atoms with Crippen LogP contribution in [0.3, 0.4) is 0 Å². The van der Waals surface area contributed by atoms with Gasteiger partial charge in [-0.2, -0.15) is 0 Å². The Morgan fingerprint density at radius 1 is 1.36 bits per heavy atom. The minimum Gasteiger partial charge on any atom is -0.339 e. The average Bonchev–Trinajstić information content (AvgIpc) is 2.93. The third kappa shape index (κ3) is 2.10. The molecule has 2 rings (SSSR count). The second-order valence-corrected chi connectivity index (χ2v) is 4.74. The number of rotatable bonds is 4. The quantitative estimate of drug-likeness (QED) is 0.675. The zero-order chi connectivity index (χ0) is 9.97. The topological polar surface area (TPSA) is 20.3 Å². The summed E-state index contributed by atoms with van der Waals surface area (Å²) in [5.74, 6) is 1.28. The van der Waals surface area contributed by atoms with Crippen molar-refractivity contribution in [3.63, 3.8) is 0 Å². The lowest BCUT2D eigenvalue weighted by Gasteiger charge is -2.24. The number of likely N-dealkylation sites (tertiary alicyclic amines) is 1. The third-order valence-electron chi connectivity index (χ3n) is 3.53. The number of amides is 1. The summed E-state index contributed by atoms with van der Waals surface area (Å²) >= 11 is 0. The van der Waals surface area contributed by atoms with Gasteiger partial charge >= 0.3 is 0 Å². The largest absolute Gasteiger partial charge is 0.339 e. The Balaban J connectivity index is 1.85. The molecular formula is C12H21NO. The molecule has 2 aliphatic rings. The number of unbranched alkanes of at least 4 members (excludes halogenated alkanes) is 1. The van der Waals surface area contributed by atoms with E-state index in [9.17, 15) is 4.79 Å². The molecule has 1 saturated heterocycles. The van der Waals surface area contributed by atoms with Crippen LogP contribution in [0, 0.1) is 5.92 Å². The van der Waals surface area contributed by atoms with Gasteiger partial charge in [0, 0.05) is 19.0 Å². The van der Waals surface area contributed by atoms with E-state index >= 15 is 0 Å². The van der Waals surface area contributed by atoms with E-state index in [0.29, 0.717) is 11.9 Å². The normalized spacial score (nSPS) is 26.9. The molecule has 2 fully saturated rings. The summed E-state index contributed by atoms with van der Waals surface area (Å²) in [7, 11) is 0. The van der Waals surface area contributed by atoms with E-state index in [1.165, 1.54) is 25.7 Å². The summed E-state index contributed by atoms with van der Waals surface area (Å²) in [5, 5.41) is 0. The van der Waals surface area contributed by atoms with Gasteiger partial charge in [0.05, 0.1) is 0 Å². The van der Waals surface area contributed by atoms with Crippen molar-refractivity contribution in [3.05, 3.63) is 0 Å². The molecule has 0 bridgehead atoms. The van der Waals surface area contributed by atoms with E-state index in [-0.39, 0.29) is 0 Å². The Morgan fingerprint density at radius 2 is 2.14 bits per heavy atom. The van der Waals surface area contributed by atoms with Gasteiger partial charge in [-0.05, 0) is 38.0 Å². The smallest absolute Gasteiger partial charge is 0.222 e. The summed E-state index contributed by atoms with van der Waals surface area (Å²) in [5.41, 5.74) is 0. The molecule has 1 saturated carbocycles. The number of hydrogen-bond acceptors (Lipinski definition) is 1. The molecule has 0 N–H and O–H groups in total. The van der Waals surface area contributed by atoms with Crippen LogP contribution in [0.5, 0.6) is 0 Å². The monoisotopic (exact) mass is 195 g/mol. The van der Waals surface area contributed by atoms with Gasteiger partial charge in [-0.25, -0.2) is 0 Å². The Labute approximate surface area is 86.7 Å². The van der Waals surface area contributed by atoms with Crippen molar-refractivity contribution >= 4 is 5.91 Å². The van der Waals surface area contributed by atoms with Gasteiger partial charge in [0.2, 0.25) is 5.91 Å². The first-order chi connectivity index (χ1) is 6.83. The molecule has 0 radical (unpaired) electrons. The van der Waals surface area contributed by atoms with Crippen molar-refractivity contribution < 1.29 is 4.79 Å². The maximum Gasteiger partial charge on any atom is 0.222 e. The Hall–Kier alpha value is -0.530. The number of carbonyl (C=O) groups is 1. The molecule has 80 valence electrons. The average molecular weight is 195 g/mol. The Morgan fingerprint density at radius 3 is 2.79 bits per heavy atom. The van der Waals surface area contributed by atoms with Gasteiger partial charge in [-0.15, -0.1) is 0 Å². The number of carbonyl (C=O) groups excluding carboxylic acids is 1. The van der Waals surface area contributed by atoms with Gasteiger partial charge < -0.3 is 4.90 Å². The fraction of sp³-hybridized carbons (Fsp3) is 0.917. The van der Waals surface area contributed by atoms with E-state index < -0.39 is 0 Å². The van der Waals surface area contributed by atoms with Gasteiger partial charge in [0.25, 0.3) is 0 Å². The van der Waals surface area contributed by atoms with E-state index in [1.807, 2.05) is 0 Å².